The van der Waals surface area contributed by atoms with Gasteiger partial charge >= 0.3 is 0 Å². The molecule has 5 heteroatoms. The Bertz CT molecular complexity index is 750. The summed E-state index contributed by atoms with van der Waals surface area (Å²) in [5.41, 5.74) is 5.10. The van der Waals surface area contributed by atoms with Crippen LogP contribution in [0.3, 0.4) is 0 Å². The Balaban J connectivity index is 1.66. The van der Waals surface area contributed by atoms with E-state index in [1.54, 1.807) is 0 Å². The van der Waals surface area contributed by atoms with Crippen molar-refractivity contribution in [1.29, 1.82) is 0 Å². The summed E-state index contributed by atoms with van der Waals surface area (Å²) in [5, 5.41) is 3.47. The smallest absolute Gasteiger partial charge is 0.194 e. The highest BCUT2D eigenvalue weighted by Crippen LogP contribution is 2.25. The predicted molar refractivity (Wildman–Crippen MR) is 102 cm³/mol. The van der Waals surface area contributed by atoms with E-state index in [4.69, 9.17) is 4.74 Å². The number of guanidine groups is 1. The van der Waals surface area contributed by atoms with Gasteiger partial charge in [0.15, 0.2) is 5.96 Å². The zero-order chi connectivity index (χ0) is 17.8. The number of aliphatic imine (C=N–C) groups is 1. The van der Waals surface area contributed by atoms with E-state index in [1.807, 2.05) is 14.1 Å². The molecule has 5 nitrogen and oxygen atoms in total. The van der Waals surface area contributed by atoms with E-state index in [0.29, 0.717) is 6.61 Å². The van der Waals surface area contributed by atoms with Gasteiger partial charge in [-0.1, -0.05) is 23.8 Å². The maximum absolute atomic E-state index is 6.05. The van der Waals surface area contributed by atoms with Crippen LogP contribution in [-0.4, -0.2) is 42.2 Å². The molecule has 1 aliphatic heterocycles. The molecule has 134 valence electrons. The quantitative estimate of drug-likeness (QED) is 0.690. The molecule has 1 aromatic carbocycles. The molecule has 0 aliphatic carbocycles. The average Bonchev–Trinajstić information content (AvgIpc) is 3.01. The molecule has 1 fully saturated rings. The summed E-state index contributed by atoms with van der Waals surface area (Å²) >= 11 is 0. The van der Waals surface area contributed by atoms with Gasteiger partial charge in [-0.15, -0.1) is 0 Å². The van der Waals surface area contributed by atoms with E-state index >= 15 is 0 Å². The molecule has 1 unspecified atom stereocenters. The maximum atomic E-state index is 6.05. The van der Waals surface area contributed by atoms with E-state index < -0.39 is 0 Å². The van der Waals surface area contributed by atoms with Crippen LogP contribution >= 0.6 is 0 Å². The Morgan fingerprint density at radius 3 is 2.84 bits per heavy atom. The van der Waals surface area contributed by atoms with Crippen molar-refractivity contribution in [3.8, 4) is 0 Å². The van der Waals surface area contributed by atoms with Gasteiger partial charge in [-0.05, 0) is 36.6 Å². The minimum absolute atomic E-state index is 0.0876. The second-order valence-electron chi connectivity index (χ2n) is 6.75. The van der Waals surface area contributed by atoms with E-state index in [0.717, 1.165) is 25.6 Å². The monoisotopic (exact) mass is 340 g/mol. The lowest BCUT2D eigenvalue weighted by Crippen LogP contribution is -2.48. The van der Waals surface area contributed by atoms with Gasteiger partial charge in [0.1, 0.15) is 6.10 Å². The fourth-order valence-electron chi connectivity index (χ4n) is 3.40. The average molecular weight is 340 g/mol. The van der Waals surface area contributed by atoms with Crippen LogP contribution < -0.4 is 5.32 Å². The molecule has 0 spiro atoms. The molecule has 1 saturated heterocycles. The normalized spacial score (nSPS) is 18.5. The van der Waals surface area contributed by atoms with Gasteiger partial charge in [0.25, 0.3) is 0 Å². The first-order valence-corrected chi connectivity index (χ1v) is 8.82. The van der Waals surface area contributed by atoms with Gasteiger partial charge in [0.2, 0.25) is 0 Å². The summed E-state index contributed by atoms with van der Waals surface area (Å²) in [5.74, 6) is 0.932. The third kappa shape index (κ3) is 4.23. The molecule has 0 saturated carbocycles. The Kier molecular flexibility index (Phi) is 5.43. The van der Waals surface area contributed by atoms with Crippen molar-refractivity contribution in [2.75, 3.05) is 26.7 Å². The molecular weight excluding hydrogens is 312 g/mol. The summed E-state index contributed by atoms with van der Waals surface area (Å²) in [7, 11) is 3.88. The topological polar surface area (TPSA) is 41.8 Å². The van der Waals surface area contributed by atoms with Crippen LogP contribution in [0.1, 0.15) is 28.4 Å². The van der Waals surface area contributed by atoms with Crippen LogP contribution in [0, 0.1) is 13.8 Å². The number of hydrogen-bond donors (Lipinski definition) is 1. The fourth-order valence-corrected chi connectivity index (χ4v) is 3.40. The molecule has 0 bridgehead atoms. The first-order valence-electron chi connectivity index (χ1n) is 8.82. The number of nitrogens with one attached hydrogen (secondary N) is 1. The van der Waals surface area contributed by atoms with E-state index in [2.05, 4.69) is 70.3 Å². The maximum Gasteiger partial charge on any atom is 0.194 e. The summed E-state index contributed by atoms with van der Waals surface area (Å²) < 4.78 is 8.11. The highest BCUT2D eigenvalue weighted by Gasteiger charge is 2.25. The van der Waals surface area contributed by atoms with Gasteiger partial charge in [0.05, 0.1) is 13.2 Å². The van der Waals surface area contributed by atoms with Crippen LogP contribution in [0.5, 0.6) is 0 Å². The number of hydrogen-bond acceptors (Lipinski definition) is 2. The Morgan fingerprint density at radius 1 is 1.32 bits per heavy atom. The van der Waals surface area contributed by atoms with E-state index in [1.165, 1.54) is 22.3 Å². The molecule has 1 atom stereocenters. The third-order valence-electron chi connectivity index (χ3n) is 4.69. The second-order valence-corrected chi connectivity index (χ2v) is 6.75. The summed E-state index contributed by atoms with van der Waals surface area (Å²) in [6.07, 6.45) is 4.27. The van der Waals surface area contributed by atoms with Crippen molar-refractivity contribution in [1.82, 2.24) is 14.8 Å². The van der Waals surface area contributed by atoms with E-state index in [9.17, 15) is 0 Å². The lowest BCUT2D eigenvalue weighted by Gasteiger charge is -2.35. The molecule has 25 heavy (non-hydrogen) atoms. The van der Waals surface area contributed by atoms with Gasteiger partial charge in [0, 0.05) is 39.6 Å². The number of benzene rings is 1. The van der Waals surface area contributed by atoms with Crippen LogP contribution in [0.4, 0.5) is 0 Å². The van der Waals surface area contributed by atoms with Crippen molar-refractivity contribution < 1.29 is 4.74 Å². The zero-order valence-electron chi connectivity index (χ0n) is 15.6. The van der Waals surface area contributed by atoms with Gasteiger partial charge in [-0.2, -0.15) is 0 Å². The highest BCUT2D eigenvalue weighted by molar-refractivity contribution is 5.80. The van der Waals surface area contributed by atoms with Crippen LogP contribution in [-0.2, 0) is 18.3 Å². The summed E-state index contributed by atoms with van der Waals surface area (Å²) in [6.45, 7) is 7.45. The Hall–Kier alpha value is -2.27. The molecule has 2 heterocycles. The molecular formula is C20H28N4O. The predicted octanol–water partition coefficient (Wildman–Crippen LogP) is 2.79. The van der Waals surface area contributed by atoms with Crippen LogP contribution in [0.25, 0.3) is 0 Å². The first kappa shape index (κ1) is 17.5. The number of nitrogens with zero attached hydrogens (tertiary/aromatic N) is 3. The van der Waals surface area contributed by atoms with Crippen molar-refractivity contribution in [3.05, 3.63) is 58.9 Å². The molecule has 2 aromatic rings. The molecule has 3 rings (SSSR count). The van der Waals surface area contributed by atoms with Crippen molar-refractivity contribution in [2.24, 2.45) is 12.0 Å². The molecule has 1 aromatic heterocycles. The number of aryl methyl sites for hydroxylation is 3. The largest absolute Gasteiger partial charge is 0.370 e. The third-order valence-corrected chi connectivity index (χ3v) is 4.69. The molecule has 0 amide bonds. The van der Waals surface area contributed by atoms with Gasteiger partial charge in [-0.25, -0.2) is 0 Å². The van der Waals surface area contributed by atoms with Gasteiger partial charge in [-0.3, -0.25) is 4.99 Å². The summed E-state index contributed by atoms with van der Waals surface area (Å²) in [4.78, 5) is 6.76. The second kappa shape index (κ2) is 7.74. The molecule has 1 aliphatic rings. The number of ether oxygens (including phenoxy) is 1. The minimum atomic E-state index is 0.0876. The first-order chi connectivity index (χ1) is 12.1. The van der Waals surface area contributed by atoms with E-state index in [-0.39, 0.29) is 6.10 Å². The lowest BCUT2D eigenvalue weighted by molar-refractivity contribution is -0.00834. The Labute approximate surface area is 150 Å². The molecule has 0 radical (unpaired) electrons. The Morgan fingerprint density at radius 2 is 2.16 bits per heavy atom. The summed E-state index contributed by atoms with van der Waals surface area (Å²) in [6, 6.07) is 8.70. The zero-order valence-corrected chi connectivity index (χ0v) is 15.6. The van der Waals surface area contributed by atoms with Gasteiger partial charge < -0.3 is 19.5 Å². The van der Waals surface area contributed by atoms with Crippen molar-refractivity contribution in [2.45, 2.75) is 26.5 Å². The lowest BCUT2D eigenvalue weighted by atomic mass is 10.00. The fraction of sp³-hybridized carbons (Fsp3) is 0.450. The van der Waals surface area contributed by atoms with Crippen LogP contribution in [0.2, 0.25) is 0 Å². The number of aromatic nitrogens is 1. The highest BCUT2D eigenvalue weighted by atomic mass is 16.5. The minimum Gasteiger partial charge on any atom is -0.370 e. The molecule has 1 N–H and O–H groups in total. The number of morpholine rings is 1. The standard InChI is InChI=1S/C20H28N4O/c1-15-5-6-18(16(2)11-15)19-14-24(9-10-25-19)20(21-3)22-12-17-7-8-23(4)13-17/h5-8,11,13,19H,9-10,12,14H2,1-4H3,(H,21,22). The van der Waals surface area contributed by atoms with Crippen LogP contribution in [0.15, 0.2) is 41.7 Å². The van der Waals surface area contributed by atoms with Crippen molar-refractivity contribution >= 4 is 5.96 Å². The number of rotatable bonds is 3. The SMILES string of the molecule is CN=C(NCc1ccn(C)c1)N1CCOC(c2ccc(C)cc2C)C1. The van der Waals surface area contributed by atoms with Crippen molar-refractivity contribution in [3.63, 3.8) is 0 Å².